The maximum absolute atomic E-state index is 12.6. The first-order chi connectivity index (χ1) is 9.90. The van der Waals surface area contributed by atoms with E-state index in [2.05, 4.69) is 21.2 Å². The van der Waals surface area contributed by atoms with Crippen molar-refractivity contribution in [3.8, 4) is 6.07 Å². The Morgan fingerprint density at radius 2 is 1.90 bits per heavy atom. The van der Waals surface area contributed by atoms with Crippen molar-refractivity contribution in [2.24, 2.45) is 0 Å². The van der Waals surface area contributed by atoms with Crippen molar-refractivity contribution in [3.05, 3.63) is 63.6 Å². The van der Waals surface area contributed by atoms with E-state index in [9.17, 15) is 13.2 Å². The largest absolute Gasteiger partial charge is 0.416 e. The van der Waals surface area contributed by atoms with E-state index in [1.54, 1.807) is 6.07 Å². The number of benzene rings is 2. The van der Waals surface area contributed by atoms with Gasteiger partial charge in [0.15, 0.2) is 0 Å². The van der Waals surface area contributed by atoms with Gasteiger partial charge in [0.05, 0.1) is 16.8 Å². The van der Waals surface area contributed by atoms with Gasteiger partial charge in [-0.15, -0.1) is 0 Å². The number of nitriles is 1. The summed E-state index contributed by atoms with van der Waals surface area (Å²) < 4.78 is 38.7. The first-order valence-electron chi connectivity index (χ1n) is 6.00. The van der Waals surface area contributed by atoms with Gasteiger partial charge in [0.2, 0.25) is 0 Å². The molecule has 2 aromatic carbocycles. The van der Waals surface area contributed by atoms with Gasteiger partial charge in [-0.05, 0) is 35.9 Å². The van der Waals surface area contributed by atoms with Gasteiger partial charge in [-0.25, -0.2) is 0 Å². The molecule has 108 valence electrons. The van der Waals surface area contributed by atoms with Crippen LogP contribution in [0.5, 0.6) is 0 Å². The lowest BCUT2D eigenvalue weighted by Crippen LogP contribution is -2.07. The standard InChI is InChI=1S/C15H10BrF3N2/c16-13-3-1-2-10(6-13)9-21-14-5-4-12(15(17,18)19)7-11(14)8-20/h1-7,21H,9H2. The molecule has 0 spiro atoms. The van der Waals surface area contributed by atoms with E-state index in [4.69, 9.17) is 5.26 Å². The number of alkyl halides is 3. The zero-order valence-electron chi connectivity index (χ0n) is 10.7. The number of nitrogens with one attached hydrogen (secondary N) is 1. The van der Waals surface area contributed by atoms with Crippen molar-refractivity contribution in [2.45, 2.75) is 12.7 Å². The Kier molecular flexibility index (Phi) is 4.53. The minimum absolute atomic E-state index is 0.0279. The SMILES string of the molecule is N#Cc1cc(C(F)(F)F)ccc1NCc1cccc(Br)c1. The molecular formula is C15H10BrF3N2. The van der Waals surface area contributed by atoms with Crippen LogP contribution in [0.4, 0.5) is 18.9 Å². The molecule has 0 saturated heterocycles. The molecule has 6 heteroatoms. The summed E-state index contributed by atoms with van der Waals surface area (Å²) >= 11 is 3.34. The number of rotatable bonds is 3. The maximum atomic E-state index is 12.6. The van der Waals surface area contributed by atoms with Gasteiger partial charge >= 0.3 is 6.18 Å². The predicted octanol–water partition coefficient (Wildman–Crippen LogP) is 4.95. The summed E-state index contributed by atoms with van der Waals surface area (Å²) in [5, 5.41) is 12.0. The monoisotopic (exact) mass is 354 g/mol. The van der Waals surface area contributed by atoms with Crippen molar-refractivity contribution in [1.29, 1.82) is 5.26 Å². The Balaban J connectivity index is 2.19. The van der Waals surface area contributed by atoms with Crippen LogP contribution in [-0.4, -0.2) is 0 Å². The Morgan fingerprint density at radius 3 is 2.52 bits per heavy atom. The lowest BCUT2D eigenvalue weighted by molar-refractivity contribution is -0.137. The van der Waals surface area contributed by atoms with Crippen molar-refractivity contribution in [1.82, 2.24) is 0 Å². The molecule has 21 heavy (non-hydrogen) atoms. The number of halogens is 4. The highest BCUT2D eigenvalue weighted by Crippen LogP contribution is 2.31. The second-order valence-corrected chi connectivity index (χ2v) is 5.27. The zero-order valence-corrected chi connectivity index (χ0v) is 12.3. The van der Waals surface area contributed by atoms with Gasteiger partial charge in [0.25, 0.3) is 0 Å². The highest BCUT2D eigenvalue weighted by molar-refractivity contribution is 9.10. The van der Waals surface area contributed by atoms with Crippen LogP contribution in [0.15, 0.2) is 46.9 Å². The van der Waals surface area contributed by atoms with Gasteiger partial charge < -0.3 is 5.32 Å². The highest BCUT2D eigenvalue weighted by atomic mass is 79.9. The van der Waals surface area contributed by atoms with Crippen molar-refractivity contribution in [3.63, 3.8) is 0 Å². The van der Waals surface area contributed by atoms with Crippen LogP contribution in [0.1, 0.15) is 16.7 Å². The van der Waals surface area contributed by atoms with Gasteiger partial charge in [0.1, 0.15) is 6.07 Å². The van der Waals surface area contributed by atoms with Gasteiger partial charge in [0, 0.05) is 11.0 Å². The smallest absolute Gasteiger partial charge is 0.380 e. The van der Waals surface area contributed by atoms with Crippen LogP contribution < -0.4 is 5.32 Å². The lowest BCUT2D eigenvalue weighted by atomic mass is 10.1. The summed E-state index contributed by atoms with van der Waals surface area (Å²) in [6.45, 7) is 0.416. The molecule has 0 bridgehead atoms. The van der Waals surface area contributed by atoms with E-state index in [-0.39, 0.29) is 5.56 Å². The topological polar surface area (TPSA) is 35.8 Å². The lowest BCUT2D eigenvalue weighted by Gasteiger charge is -2.12. The Labute approximate surface area is 128 Å². The third-order valence-electron chi connectivity index (χ3n) is 2.84. The number of hydrogen-bond acceptors (Lipinski definition) is 2. The third kappa shape index (κ3) is 3.99. The molecule has 0 amide bonds. The van der Waals surface area contributed by atoms with E-state index in [1.807, 2.05) is 24.3 Å². The molecule has 2 nitrogen and oxygen atoms in total. The Morgan fingerprint density at radius 1 is 1.14 bits per heavy atom. The number of nitrogens with zero attached hydrogens (tertiary/aromatic N) is 1. The molecule has 0 aliphatic carbocycles. The molecule has 0 atom stereocenters. The minimum Gasteiger partial charge on any atom is -0.380 e. The van der Waals surface area contributed by atoms with Crippen molar-refractivity contribution >= 4 is 21.6 Å². The fraction of sp³-hybridized carbons (Fsp3) is 0.133. The zero-order chi connectivity index (χ0) is 15.5. The van der Waals surface area contributed by atoms with E-state index < -0.39 is 11.7 Å². The average molecular weight is 355 g/mol. The normalized spacial score (nSPS) is 11.0. The van der Waals surface area contributed by atoms with Crippen LogP contribution in [0.2, 0.25) is 0 Å². The molecule has 0 saturated carbocycles. The molecule has 0 aliphatic rings. The summed E-state index contributed by atoms with van der Waals surface area (Å²) in [6, 6.07) is 12.4. The summed E-state index contributed by atoms with van der Waals surface area (Å²) in [7, 11) is 0. The van der Waals surface area contributed by atoms with Crippen LogP contribution >= 0.6 is 15.9 Å². The van der Waals surface area contributed by atoms with Crippen LogP contribution in [0, 0.1) is 11.3 Å². The second kappa shape index (κ2) is 6.19. The summed E-state index contributed by atoms with van der Waals surface area (Å²) in [5.74, 6) is 0. The number of anilines is 1. The summed E-state index contributed by atoms with van der Waals surface area (Å²) in [5.41, 5.74) is 0.477. The van der Waals surface area contributed by atoms with Crippen LogP contribution in [0.3, 0.4) is 0 Å². The first kappa shape index (κ1) is 15.4. The van der Waals surface area contributed by atoms with Crippen LogP contribution in [0.25, 0.3) is 0 Å². The average Bonchev–Trinajstić information content (AvgIpc) is 2.44. The molecule has 2 rings (SSSR count). The summed E-state index contributed by atoms with van der Waals surface area (Å²) in [6.07, 6.45) is -4.45. The quantitative estimate of drug-likeness (QED) is 0.846. The van der Waals surface area contributed by atoms with Gasteiger partial charge in [-0.1, -0.05) is 28.1 Å². The predicted molar refractivity (Wildman–Crippen MR) is 77.6 cm³/mol. The molecule has 0 radical (unpaired) electrons. The first-order valence-corrected chi connectivity index (χ1v) is 6.79. The number of hydrogen-bond donors (Lipinski definition) is 1. The highest BCUT2D eigenvalue weighted by Gasteiger charge is 2.31. The Hall–Kier alpha value is -2.00. The Bertz CT molecular complexity index is 690. The molecule has 0 unspecified atom stereocenters. The third-order valence-corrected chi connectivity index (χ3v) is 3.33. The van der Waals surface area contributed by atoms with Crippen molar-refractivity contribution < 1.29 is 13.2 Å². The van der Waals surface area contributed by atoms with E-state index in [0.717, 1.165) is 22.2 Å². The molecule has 0 aliphatic heterocycles. The van der Waals surface area contributed by atoms with Gasteiger partial charge in [-0.2, -0.15) is 18.4 Å². The molecule has 2 aromatic rings. The van der Waals surface area contributed by atoms with E-state index in [1.165, 1.54) is 6.07 Å². The maximum Gasteiger partial charge on any atom is 0.416 e. The molecule has 0 heterocycles. The fourth-order valence-corrected chi connectivity index (χ4v) is 2.26. The molecular weight excluding hydrogens is 345 g/mol. The van der Waals surface area contributed by atoms with Crippen LogP contribution in [-0.2, 0) is 12.7 Å². The fourth-order valence-electron chi connectivity index (χ4n) is 1.81. The molecule has 1 N–H and O–H groups in total. The van der Waals surface area contributed by atoms with E-state index in [0.29, 0.717) is 12.2 Å². The molecule has 0 fully saturated rings. The van der Waals surface area contributed by atoms with E-state index >= 15 is 0 Å². The van der Waals surface area contributed by atoms with Crippen molar-refractivity contribution in [2.75, 3.05) is 5.32 Å². The molecule has 0 aromatic heterocycles. The second-order valence-electron chi connectivity index (χ2n) is 4.35. The van der Waals surface area contributed by atoms with Gasteiger partial charge in [-0.3, -0.25) is 0 Å². The minimum atomic E-state index is -4.45. The summed E-state index contributed by atoms with van der Waals surface area (Å²) in [4.78, 5) is 0.